The number of nitrogens with two attached hydrogens (primary N) is 2. The first-order chi connectivity index (χ1) is 13.7. The first-order valence-electron chi connectivity index (χ1n) is 9.35. The van der Waals surface area contributed by atoms with Crippen LogP contribution in [0, 0.1) is 0 Å². The molecule has 0 amide bonds. The lowest BCUT2D eigenvalue weighted by Crippen LogP contribution is -2.32. The highest BCUT2D eigenvalue weighted by Gasteiger charge is 2.17. The second-order valence-electron chi connectivity index (χ2n) is 5.38. The zero-order valence-corrected chi connectivity index (χ0v) is 13.4. The average Bonchev–Trinajstić information content (AvgIpc) is 2.67. The van der Waals surface area contributed by atoms with Gasteiger partial charge in [-0.05, 0) is 48.1 Å². The molecule has 2 rings (SSSR count). The van der Waals surface area contributed by atoms with Gasteiger partial charge in [-0.2, -0.15) is 0 Å². The van der Waals surface area contributed by atoms with Crippen LogP contribution in [-0.2, 0) is 22.3 Å². The molecule has 138 valence electrons. The standard InChI is InChI=1S/C18H20N2O6/c19-13(17(23)24)7-9-1-3-15(21)11(5-9)12-6-10(2-4-16(12)22)8-14(20)18(25)26/h1-6,13-14,21-22H,7-8,19-20H2,(H,23,24)(H,25,26)/t13-,14-/m0/s1/i7D2,8D2. The summed E-state index contributed by atoms with van der Waals surface area (Å²) in [5.74, 6) is -4.02. The summed E-state index contributed by atoms with van der Waals surface area (Å²) in [6.07, 6.45) is -5.08. The fourth-order valence-corrected chi connectivity index (χ4v) is 2.17. The minimum Gasteiger partial charge on any atom is -0.507 e. The van der Waals surface area contributed by atoms with Crippen molar-refractivity contribution in [3.05, 3.63) is 47.5 Å². The molecule has 2 aromatic rings. The molecule has 2 aromatic carbocycles. The maximum absolute atomic E-state index is 11.1. The van der Waals surface area contributed by atoms with Crippen molar-refractivity contribution in [1.29, 1.82) is 0 Å². The van der Waals surface area contributed by atoms with Crippen molar-refractivity contribution in [2.75, 3.05) is 0 Å². The molecule has 0 heterocycles. The highest BCUT2D eigenvalue weighted by molar-refractivity contribution is 5.78. The Balaban J connectivity index is 2.65. The summed E-state index contributed by atoms with van der Waals surface area (Å²) in [5, 5.41) is 38.5. The van der Waals surface area contributed by atoms with E-state index in [2.05, 4.69) is 0 Å². The number of phenolic OH excluding ortho intramolecular Hbond substituents is 2. The fraction of sp³-hybridized carbons (Fsp3) is 0.222. The maximum Gasteiger partial charge on any atom is 0.320 e. The molecule has 26 heavy (non-hydrogen) atoms. The van der Waals surface area contributed by atoms with Gasteiger partial charge in [-0.3, -0.25) is 9.59 Å². The Bertz CT molecular complexity index is 919. The second kappa shape index (κ2) is 7.85. The Morgan fingerprint density at radius 1 is 0.846 bits per heavy atom. The predicted octanol–water partition coefficient (Wildman–Crippen LogP) is 0.674. The third kappa shape index (κ3) is 4.50. The Hall–Kier alpha value is -3.10. The van der Waals surface area contributed by atoms with Gasteiger partial charge in [0.05, 0.1) is 0 Å². The summed E-state index contributed by atoms with van der Waals surface area (Å²) < 4.78 is 32.0. The van der Waals surface area contributed by atoms with E-state index in [1.165, 1.54) is 0 Å². The van der Waals surface area contributed by atoms with E-state index in [-0.39, 0.29) is 22.3 Å². The van der Waals surface area contributed by atoms with Crippen LogP contribution in [0.3, 0.4) is 0 Å². The van der Waals surface area contributed by atoms with E-state index in [9.17, 15) is 19.8 Å². The number of hydrogen-bond donors (Lipinski definition) is 6. The summed E-state index contributed by atoms with van der Waals surface area (Å²) >= 11 is 0. The number of phenols is 2. The fourth-order valence-electron chi connectivity index (χ4n) is 2.17. The molecule has 0 saturated carbocycles. The van der Waals surface area contributed by atoms with Crippen molar-refractivity contribution in [2.24, 2.45) is 11.5 Å². The number of carbonyl (C=O) groups is 2. The Morgan fingerprint density at radius 3 is 1.50 bits per heavy atom. The zero-order valence-electron chi connectivity index (χ0n) is 17.4. The average molecular weight is 364 g/mol. The van der Waals surface area contributed by atoms with Crippen molar-refractivity contribution in [3.8, 4) is 22.6 Å². The number of hydrogen-bond acceptors (Lipinski definition) is 6. The lowest BCUT2D eigenvalue weighted by Gasteiger charge is -2.13. The molecule has 0 aliphatic carbocycles. The van der Waals surface area contributed by atoms with Crippen LogP contribution < -0.4 is 11.5 Å². The van der Waals surface area contributed by atoms with E-state index >= 15 is 0 Å². The van der Waals surface area contributed by atoms with Gasteiger partial charge in [-0.15, -0.1) is 0 Å². The van der Waals surface area contributed by atoms with Crippen LogP contribution >= 0.6 is 0 Å². The van der Waals surface area contributed by atoms with Gasteiger partial charge in [0, 0.05) is 16.6 Å². The van der Waals surface area contributed by atoms with E-state index in [0.717, 1.165) is 36.4 Å². The molecular weight excluding hydrogens is 340 g/mol. The van der Waals surface area contributed by atoms with Crippen molar-refractivity contribution in [3.63, 3.8) is 0 Å². The van der Waals surface area contributed by atoms with E-state index in [1.54, 1.807) is 0 Å². The quantitative estimate of drug-likeness (QED) is 0.417. The van der Waals surface area contributed by atoms with Gasteiger partial charge in [-0.1, -0.05) is 12.1 Å². The SMILES string of the molecule is [2H]C([2H])(c1ccc(O)c(-c2cc(C([2H])([2H])[C@H](N)C(=O)O)ccc2O)c1)[C@H](N)C(=O)O. The Morgan fingerprint density at radius 2 is 1.19 bits per heavy atom. The van der Waals surface area contributed by atoms with Gasteiger partial charge >= 0.3 is 11.9 Å². The van der Waals surface area contributed by atoms with Gasteiger partial charge in [0.15, 0.2) is 0 Å². The molecule has 0 aliphatic heterocycles. The van der Waals surface area contributed by atoms with Crippen LogP contribution in [0.25, 0.3) is 11.1 Å². The highest BCUT2D eigenvalue weighted by atomic mass is 16.4. The van der Waals surface area contributed by atoms with Crippen LogP contribution in [0.15, 0.2) is 36.4 Å². The molecule has 0 unspecified atom stereocenters. The number of benzene rings is 2. The molecule has 0 fully saturated rings. The zero-order chi connectivity index (χ0) is 23.0. The van der Waals surface area contributed by atoms with Gasteiger partial charge in [-0.25, -0.2) is 0 Å². The van der Waals surface area contributed by atoms with Crippen LogP contribution in [0.2, 0.25) is 0 Å². The monoisotopic (exact) mass is 364 g/mol. The minimum absolute atomic E-state index is 0.145. The van der Waals surface area contributed by atoms with Gasteiger partial charge in [0.2, 0.25) is 0 Å². The topological polar surface area (TPSA) is 167 Å². The first-order valence-corrected chi connectivity index (χ1v) is 7.35. The molecule has 0 aromatic heterocycles. The molecule has 0 saturated heterocycles. The third-order valence-corrected chi connectivity index (χ3v) is 3.46. The predicted molar refractivity (Wildman–Crippen MR) is 93.8 cm³/mol. The first kappa shape index (κ1) is 14.1. The molecule has 0 spiro atoms. The van der Waals surface area contributed by atoms with Crippen molar-refractivity contribution in [2.45, 2.75) is 24.8 Å². The van der Waals surface area contributed by atoms with Crippen molar-refractivity contribution in [1.82, 2.24) is 0 Å². The molecule has 0 aliphatic rings. The number of rotatable bonds is 7. The molecule has 8 nitrogen and oxygen atoms in total. The van der Waals surface area contributed by atoms with E-state index in [0.29, 0.717) is 0 Å². The molecule has 8 heteroatoms. The number of carboxylic acids is 2. The summed E-state index contributed by atoms with van der Waals surface area (Å²) in [6.45, 7) is 0. The van der Waals surface area contributed by atoms with Crippen LogP contribution in [0.1, 0.15) is 16.6 Å². The Labute approximate surface area is 154 Å². The molecule has 2 atom stereocenters. The summed E-state index contributed by atoms with van der Waals surface area (Å²) in [4.78, 5) is 22.2. The summed E-state index contributed by atoms with van der Waals surface area (Å²) in [6, 6.07) is 2.70. The Kier molecular flexibility index (Phi) is 4.26. The number of carboxylic acid groups (broad SMARTS) is 2. The van der Waals surface area contributed by atoms with Crippen LogP contribution in [0.4, 0.5) is 0 Å². The molecule has 8 N–H and O–H groups in total. The lowest BCUT2D eigenvalue weighted by molar-refractivity contribution is -0.139. The normalized spacial score (nSPS) is 16.5. The minimum atomic E-state index is -2.54. The molecule has 0 bridgehead atoms. The van der Waals surface area contributed by atoms with E-state index in [1.807, 2.05) is 0 Å². The summed E-state index contributed by atoms with van der Waals surface area (Å²) in [7, 11) is 0. The van der Waals surface area contributed by atoms with Gasteiger partial charge in [0.1, 0.15) is 23.6 Å². The van der Waals surface area contributed by atoms with Crippen LogP contribution in [0.5, 0.6) is 11.5 Å². The van der Waals surface area contributed by atoms with E-state index in [4.69, 9.17) is 27.2 Å². The van der Waals surface area contributed by atoms with Gasteiger partial charge in [0.25, 0.3) is 0 Å². The third-order valence-electron chi connectivity index (χ3n) is 3.46. The molecule has 0 radical (unpaired) electrons. The highest BCUT2D eigenvalue weighted by Crippen LogP contribution is 2.37. The largest absolute Gasteiger partial charge is 0.507 e. The summed E-state index contributed by atoms with van der Waals surface area (Å²) in [5.41, 5.74) is 10.1. The van der Waals surface area contributed by atoms with Crippen LogP contribution in [-0.4, -0.2) is 44.4 Å². The van der Waals surface area contributed by atoms with E-state index < -0.39 is 48.3 Å². The van der Waals surface area contributed by atoms with Gasteiger partial charge < -0.3 is 31.9 Å². The maximum atomic E-state index is 11.1. The van der Waals surface area contributed by atoms with Crippen molar-refractivity contribution >= 4 is 11.9 Å². The smallest absolute Gasteiger partial charge is 0.320 e. The second-order valence-corrected chi connectivity index (χ2v) is 5.38. The number of aliphatic carboxylic acids is 2. The molecular formula is C18H20N2O6. The van der Waals surface area contributed by atoms with Crippen molar-refractivity contribution < 1.29 is 35.5 Å². The lowest BCUT2D eigenvalue weighted by atomic mass is 9.95. The number of aromatic hydroxyl groups is 2.